The molecule has 1 aromatic rings. The number of benzene rings is 1. The summed E-state index contributed by atoms with van der Waals surface area (Å²) in [6.45, 7) is 5.33. The summed E-state index contributed by atoms with van der Waals surface area (Å²) in [5, 5.41) is 13.4. The first-order valence-corrected chi connectivity index (χ1v) is 7.79. The highest BCUT2D eigenvalue weighted by atomic mass is 16.5. The zero-order chi connectivity index (χ0) is 14.4. The zero-order valence-electron chi connectivity index (χ0n) is 12.6. The molecule has 0 amide bonds. The number of nitrogens with one attached hydrogen (secondary N) is 1. The third kappa shape index (κ3) is 4.50. The van der Waals surface area contributed by atoms with Crippen molar-refractivity contribution in [2.75, 3.05) is 18.5 Å². The molecule has 3 nitrogen and oxygen atoms in total. The molecule has 0 aliphatic heterocycles. The van der Waals surface area contributed by atoms with Crippen LogP contribution in [0, 0.1) is 0 Å². The summed E-state index contributed by atoms with van der Waals surface area (Å²) in [5.41, 5.74) is 2.40. The Morgan fingerprint density at radius 2 is 1.95 bits per heavy atom. The first-order valence-electron chi connectivity index (χ1n) is 7.79. The standard InChI is InChI=1S/C17H27NO2/c1-13(2)16-9-5-6-10-17(16)18-11-14(19)12-20-15-7-3-4-8-15/h5-6,9-10,13-15,18-19H,3-4,7-8,11-12H2,1-2H3. The lowest BCUT2D eigenvalue weighted by atomic mass is 10.0. The molecule has 0 radical (unpaired) electrons. The van der Waals surface area contributed by atoms with Gasteiger partial charge in [0.2, 0.25) is 0 Å². The Morgan fingerprint density at radius 3 is 2.65 bits per heavy atom. The summed E-state index contributed by atoms with van der Waals surface area (Å²) in [6, 6.07) is 8.28. The van der Waals surface area contributed by atoms with Gasteiger partial charge in [0.25, 0.3) is 0 Å². The molecule has 0 spiro atoms. The number of anilines is 1. The van der Waals surface area contributed by atoms with Gasteiger partial charge in [-0.2, -0.15) is 0 Å². The van der Waals surface area contributed by atoms with E-state index >= 15 is 0 Å². The normalized spacial score (nSPS) is 17.6. The molecule has 1 aliphatic rings. The van der Waals surface area contributed by atoms with Gasteiger partial charge in [0, 0.05) is 12.2 Å². The summed E-state index contributed by atoms with van der Waals surface area (Å²) in [5.74, 6) is 0.477. The van der Waals surface area contributed by atoms with E-state index in [4.69, 9.17) is 4.74 Å². The van der Waals surface area contributed by atoms with E-state index in [9.17, 15) is 5.11 Å². The summed E-state index contributed by atoms with van der Waals surface area (Å²) < 4.78 is 5.74. The smallest absolute Gasteiger partial charge is 0.0945 e. The predicted molar refractivity (Wildman–Crippen MR) is 83.2 cm³/mol. The lowest BCUT2D eigenvalue weighted by Crippen LogP contribution is -2.27. The Kier molecular flexibility index (Phi) is 5.86. The van der Waals surface area contributed by atoms with Crippen LogP contribution in [0.25, 0.3) is 0 Å². The highest BCUT2D eigenvalue weighted by Crippen LogP contribution is 2.24. The minimum Gasteiger partial charge on any atom is -0.389 e. The molecule has 1 aromatic carbocycles. The quantitative estimate of drug-likeness (QED) is 0.801. The third-order valence-electron chi connectivity index (χ3n) is 3.94. The van der Waals surface area contributed by atoms with Crippen molar-refractivity contribution in [3.8, 4) is 0 Å². The van der Waals surface area contributed by atoms with Gasteiger partial charge in [-0.05, 0) is 30.4 Å². The number of aliphatic hydroxyl groups excluding tert-OH is 1. The first-order chi connectivity index (χ1) is 9.66. The highest BCUT2D eigenvalue weighted by Gasteiger charge is 2.17. The fourth-order valence-electron chi connectivity index (χ4n) is 2.75. The molecular formula is C17H27NO2. The van der Waals surface area contributed by atoms with Crippen molar-refractivity contribution >= 4 is 5.69 Å². The fourth-order valence-corrected chi connectivity index (χ4v) is 2.75. The molecule has 2 N–H and O–H groups in total. The van der Waals surface area contributed by atoms with Gasteiger partial charge < -0.3 is 15.2 Å². The summed E-state index contributed by atoms with van der Waals surface area (Å²) in [4.78, 5) is 0. The molecule has 2 rings (SSSR count). The SMILES string of the molecule is CC(C)c1ccccc1NCC(O)COC1CCCC1. The first kappa shape index (κ1) is 15.3. The van der Waals surface area contributed by atoms with Gasteiger partial charge in [-0.15, -0.1) is 0 Å². The van der Waals surface area contributed by atoms with Crippen LogP contribution in [0.2, 0.25) is 0 Å². The average molecular weight is 277 g/mol. The minimum atomic E-state index is -0.448. The number of ether oxygens (including phenoxy) is 1. The van der Waals surface area contributed by atoms with Gasteiger partial charge in [0.15, 0.2) is 0 Å². The van der Waals surface area contributed by atoms with Crippen LogP contribution in [-0.4, -0.2) is 30.5 Å². The van der Waals surface area contributed by atoms with Crippen molar-refractivity contribution in [3.05, 3.63) is 29.8 Å². The minimum absolute atomic E-state index is 0.368. The number of rotatable bonds is 7. The van der Waals surface area contributed by atoms with Crippen LogP contribution in [0.4, 0.5) is 5.69 Å². The summed E-state index contributed by atoms with van der Waals surface area (Å²) in [6.07, 6.45) is 4.75. The van der Waals surface area contributed by atoms with Crippen molar-refractivity contribution < 1.29 is 9.84 Å². The highest BCUT2D eigenvalue weighted by molar-refractivity contribution is 5.52. The van der Waals surface area contributed by atoms with E-state index < -0.39 is 6.10 Å². The molecule has 1 atom stereocenters. The van der Waals surface area contributed by atoms with Gasteiger partial charge in [-0.1, -0.05) is 44.9 Å². The van der Waals surface area contributed by atoms with Gasteiger partial charge in [-0.25, -0.2) is 0 Å². The Hall–Kier alpha value is -1.06. The van der Waals surface area contributed by atoms with Crippen molar-refractivity contribution in [3.63, 3.8) is 0 Å². The van der Waals surface area contributed by atoms with E-state index in [0.717, 1.165) is 18.5 Å². The number of para-hydroxylation sites is 1. The van der Waals surface area contributed by atoms with E-state index in [1.54, 1.807) is 0 Å². The lowest BCUT2D eigenvalue weighted by molar-refractivity contribution is -0.00117. The van der Waals surface area contributed by atoms with E-state index in [-0.39, 0.29) is 0 Å². The topological polar surface area (TPSA) is 41.5 Å². The monoisotopic (exact) mass is 277 g/mol. The maximum absolute atomic E-state index is 10.0. The number of hydrogen-bond donors (Lipinski definition) is 2. The molecule has 20 heavy (non-hydrogen) atoms. The maximum atomic E-state index is 10.0. The van der Waals surface area contributed by atoms with E-state index in [2.05, 4.69) is 37.4 Å². The zero-order valence-corrected chi connectivity index (χ0v) is 12.6. The maximum Gasteiger partial charge on any atom is 0.0945 e. The second-order valence-corrected chi connectivity index (χ2v) is 6.02. The van der Waals surface area contributed by atoms with Crippen LogP contribution in [0.1, 0.15) is 51.0 Å². The number of hydrogen-bond acceptors (Lipinski definition) is 3. The molecular weight excluding hydrogens is 250 g/mol. The van der Waals surface area contributed by atoms with E-state index in [0.29, 0.717) is 25.2 Å². The van der Waals surface area contributed by atoms with Crippen molar-refractivity contribution in [2.45, 2.75) is 57.7 Å². The van der Waals surface area contributed by atoms with Crippen LogP contribution >= 0.6 is 0 Å². The molecule has 0 aromatic heterocycles. The Labute approximate surface area is 122 Å². The van der Waals surface area contributed by atoms with Crippen LogP contribution in [0.5, 0.6) is 0 Å². The summed E-state index contributed by atoms with van der Waals surface area (Å²) >= 11 is 0. The lowest BCUT2D eigenvalue weighted by Gasteiger charge is -2.19. The Morgan fingerprint density at radius 1 is 1.25 bits per heavy atom. The van der Waals surface area contributed by atoms with Gasteiger partial charge in [0.1, 0.15) is 0 Å². The Bertz CT molecular complexity index is 400. The van der Waals surface area contributed by atoms with E-state index in [1.807, 2.05) is 6.07 Å². The van der Waals surface area contributed by atoms with Gasteiger partial charge in [-0.3, -0.25) is 0 Å². The molecule has 3 heteroatoms. The van der Waals surface area contributed by atoms with Crippen LogP contribution in [0.3, 0.4) is 0 Å². The second kappa shape index (κ2) is 7.65. The van der Waals surface area contributed by atoms with E-state index in [1.165, 1.54) is 18.4 Å². The Balaban J connectivity index is 1.76. The predicted octanol–water partition coefficient (Wildman–Crippen LogP) is 3.54. The largest absolute Gasteiger partial charge is 0.389 e. The van der Waals surface area contributed by atoms with Crippen molar-refractivity contribution in [2.24, 2.45) is 0 Å². The molecule has 1 unspecified atom stereocenters. The van der Waals surface area contributed by atoms with Crippen LogP contribution in [-0.2, 0) is 4.74 Å². The van der Waals surface area contributed by atoms with Crippen LogP contribution < -0.4 is 5.32 Å². The molecule has 0 saturated heterocycles. The average Bonchev–Trinajstić information content (AvgIpc) is 2.96. The van der Waals surface area contributed by atoms with Gasteiger partial charge in [0.05, 0.1) is 18.8 Å². The molecule has 0 heterocycles. The summed E-state index contributed by atoms with van der Waals surface area (Å²) in [7, 11) is 0. The van der Waals surface area contributed by atoms with Crippen molar-refractivity contribution in [1.82, 2.24) is 0 Å². The van der Waals surface area contributed by atoms with Crippen LogP contribution in [0.15, 0.2) is 24.3 Å². The molecule has 1 fully saturated rings. The molecule has 0 bridgehead atoms. The molecule has 1 saturated carbocycles. The van der Waals surface area contributed by atoms with Crippen molar-refractivity contribution in [1.29, 1.82) is 0 Å². The number of aliphatic hydroxyl groups is 1. The fraction of sp³-hybridized carbons (Fsp3) is 0.647. The van der Waals surface area contributed by atoms with Gasteiger partial charge >= 0.3 is 0 Å². The third-order valence-corrected chi connectivity index (χ3v) is 3.94. The molecule has 1 aliphatic carbocycles. The second-order valence-electron chi connectivity index (χ2n) is 6.02. The molecule has 112 valence electrons.